The summed E-state index contributed by atoms with van der Waals surface area (Å²) >= 11 is 0. The molecule has 5 heteroatoms. The van der Waals surface area contributed by atoms with E-state index in [1.54, 1.807) is 5.57 Å². The first-order valence-electron chi connectivity index (χ1n) is 14.0. The molecular formula is C31H48O5. The Hall–Kier alpha value is -1.69. The molecule has 0 aromatic carbocycles. The molecule has 202 valence electrons. The maximum Gasteiger partial charge on any atom is 0.332 e. The van der Waals surface area contributed by atoms with E-state index in [0.29, 0.717) is 11.5 Å². The molecule has 0 aromatic rings. The molecule has 5 nitrogen and oxygen atoms in total. The second kappa shape index (κ2) is 11.8. The summed E-state index contributed by atoms with van der Waals surface area (Å²) < 4.78 is 11.4. The Labute approximate surface area is 218 Å². The summed E-state index contributed by atoms with van der Waals surface area (Å²) in [4.78, 5) is 12.6. The number of rotatable bonds is 10. The van der Waals surface area contributed by atoms with Crippen molar-refractivity contribution in [1.29, 1.82) is 0 Å². The molecule has 0 aromatic heterocycles. The van der Waals surface area contributed by atoms with Crippen molar-refractivity contribution in [3.63, 3.8) is 0 Å². The molecule has 3 aliphatic carbocycles. The lowest BCUT2D eigenvalue weighted by molar-refractivity contribution is -0.229. The lowest BCUT2D eigenvalue weighted by Crippen LogP contribution is -2.44. The summed E-state index contributed by atoms with van der Waals surface area (Å²) in [6.45, 7) is 14.5. The van der Waals surface area contributed by atoms with Crippen LogP contribution in [-0.2, 0) is 14.3 Å². The molecule has 0 amide bonds. The van der Waals surface area contributed by atoms with E-state index in [1.165, 1.54) is 18.4 Å². The van der Waals surface area contributed by atoms with Crippen LogP contribution in [0, 0.1) is 11.3 Å². The number of aliphatic hydroxyl groups is 2. The Morgan fingerprint density at radius 1 is 1.25 bits per heavy atom. The van der Waals surface area contributed by atoms with Gasteiger partial charge in [0, 0.05) is 12.8 Å². The van der Waals surface area contributed by atoms with Gasteiger partial charge >= 0.3 is 5.97 Å². The largest absolute Gasteiger partial charge is 0.458 e. The van der Waals surface area contributed by atoms with E-state index in [9.17, 15) is 15.0 Å². The molecule has 0 bridgehead atoms. The highest BCUT2D eigenvalue weighted by molar-refractivity contribution is 5.71. The van der Waals surface area contributed by atoms with Crippen molar-refractivity contribution in [3.05, 3.63) is 47.1 Å². The Morgan fingerprint density at radius 3 is 2.58 bits per heavy atom. The number of ether oxygens (including phenoxy) is 2. The third-order valence-corrected chi connectivity index (χ3v) is 8.76. The first-order chi connectivity index (χ1) is 17.0. The highest BCUT2D eigenvalue weighted by Gasteiger charge is 2.44. The van der Waals surface area contributed by atoms with Crippen LogP contribution in [0.25, 0.3) is 0 Å². The van der Waals surface area contributed by atoms with E-state index in [2.05, 4.69) is 46.4 Å². The zero-order valence-electron chi connectivity index (χ0n) is 23.2. The van der Waals surface area contributed by atoms with Crippen LogP contribution in [0.5, 0.6) is 0 Å². The summed E-state index contributed by atoms with van der Waals surface area (Å²) in [6, 6.07) is 0. The van der Waals surface area contributed by atoms with Crippen molar-refractivity contribution in [2.75, 3.05) is 6.61 Å². The molecule has 0 radical (unpaired) electrons. The molecule has 3 rings (SSSR count). The number of aliphatic hydroxyl groups excluding tert-OH is 1. The van der Waals surface area contributed by atoms with Gasteiger partial charge in [-0.1, -0.05) is 76.5 Å². The number of esters is 1. The summed E-state index contributed by atoms with van der Waals surface area (Å²) in [5, 5.41) is 21.8. The van der Waals surface area contributed by atoms with E-state index >= 15 is 0 Å². The fraction of sp³-hybridized carbons (Fsp3) is 0.710. The molecule has 0 heterocycles. The molecule has 0 saturated heterocycles. The number of allylic oxidation sites excluding steroid dienone is 5. The van der Waals surface area contributed by atoms with Gasteiger partial charge in [-0.05, 0) is 74.3 Å². The van der Waals surface area contributed by atoms with E-state index in [-0.39, 0.29) is 24.9 Å². The summed E-state index contributed by atoms with van der Waals surface area (Å²) in [7, 11) is 0. The van der Waals surface area contributed by atoms with Gasteiger partial charge < -0.3 is 19.7 Å². The molecular weight excluding hydrogens is 452 g/mol. The normalized spacial score (nSPS) is 33.1. The molecule has 1 unspecified atom stereocenters. The topological polar surface area (TPSA) is 76.0 Å². The minimum atomic E-state index is -1.64. The molecule has 0 aliphatic heterocycles. The van der Waals surface area contributed by atoms with Crippen molar-refractivity contribution in [2.24, 2.45) is 11.3 Å². The van der Waals surface area contributed by atoms with Crippen molar-refractivity contribution in [1.82, 2.24) is 0 Å². The average molecular weight is 501 g/mol. The third kappa shape index (κ3) is 6.41. The van der Waals surface area contributed by atoms with Crippen molar-refractivity contribution in [2.45, 2.75) is 123 Å². The van der Waals surface area contributed by atoms with Gasteiger partial charge in [-0.2, -0.15) is 0 Å². The quantitative estimate of drug-likeness (QED) is 0.198. The second-order valence-corrected chi connectivity index (χ2v) is 11.7. The van der Waals surface area contributed by atoms with Gasteiger partial charge in [0.2, 0.25) is 0 Å². The Kier molecular flexibility index (Phi) is 9.46. The molecule has 0 spiro atoms. The van der Waals surface area contributed by atoms with E-state index in [0.717, 1.165) is 50.5 Å². The van der Waals surface area contributed by atoms with Crippen LogP contribution >= 0.6 is 0 Å². The van der Waals surface area contributed by atoms with Gasteiger partial charge in [-0.15, -0.1) is 0 Å². The smallest absolute Gasteiger partial charge is 0.332 e. The summed E-state index contributed by atoms with van der Waals surface area (Å²) in [6.07, 6.45) is 14.9. The second-order valence-electron chi connectivity index (χ2n) is 11.7. The Morgan fingerprint density at radius 2 is 1.94 bits per heavy atom. The number of hydrogen-bond donors (Lipinski definition) is 2. The van der Waals surface area contributed by atoms with Crippen LogP contribution in [0.1, 0.15) is 105 Å². The zero-order chi connectivity index (χ0) is 26.6. The van der Waals surface area contributed by atoms with Gasteiger partial charge in [-0.25, -0.2) is 4.79 Å². The van der Waals surface area contributed by atoms with Gasteiger partial charge in [0.1, 0.15) is 12.2 Å². The standard InChI is InChI=1S/C31H48O5/c1-7-16-29(5,17-8-2)36-28(33)21-35-31(34)19-24(22(4)27(32)20-31)13-12-23-11-10-18-30(6)25(9-3)14-15-26(23)30/h12-14,26-27,32,34H,4,7-11,15-21H2,1-3,5-6H3/t26-,27?,30+,31-/m0/s1. The predicted octanol–water partition coefficient (Wildman–Crippen LogP) is 6.70. The summed E-state index contributed by atoms with van der Waals surface area (Å²) in [5.74, 6) is -1.60. The number of carbonyl (C=O) groups is 1. The van der Waals surface area contributed by atoms with Crippen molar-refractivity contribution in [3.8, 4) is 0 Å². The monoisotopic (exact) mass is 500 g/mol. The fourth-order valence-corrected chi connectivity index (χ4v) is 6.84. The maximum absolute atomic E-state index is 12.6. The van der Waals surface area contributed by atoms with Crippen LogP contribution < -0.4 is 0 Å². The summed E-state index contributed by atoms with van der Waals surface area (Å²) in [5.41, 5.74) is 4.11. The van der Waals surface area contributed by atoms with Crippen LogP contribution in [0.4, 0.5) is 0 Å². The van der Waals surface area contributed by atoms with Crippen molar-refractivity contribution >= 4 is 5.97 Å². The van der Waals surface area contributed by atoms with Crippen LogP contribution in [-0.4, -0.2) is 40.3 Å². The van der Waals surface area contributed by atoms with Crippen LogP contribution in [0.15, 0.2) is 47.1 Å². The third-order valence-electron chi connectivity index (χ3n) is 8.76. The van der Waals surface area contributed by atoms with Crippen LogP contribution in [0.2, 0.25) is 0 Å². The molecule has 36 heavy (non-hydrogen) atoms. The zero-order valence-corrected chi connectivity index (χ0v) is 23.2. The molecule has 2 saturated carbocycles. The maximum atomic E-state index is 12.6. The first kappa shape index (κ1) is 28.9. The van der Waals surface area contributed by atoms with Crippen molar-refractivity contribution < 1.29 is 24.5 Å². The molecule has 2 fully saturated rings. The number of fused-ring (bicyclic) bond motifs is 1. The lowest BCUT2D eigenvalue weighted by Gasteiger charge is -2.41. The van der Waals surface area contributed by atoms with E-state index in [1.807, 2.05) is 13.0 Å². The van der Waals surface area contributed by atoms with Crippen LogP contribution in [0.3, 0.4) is 0 Å². The molecule has 2 N–H and O–H groups in total. The van der Waals surface area contributed by atoms with Gasteiger partial charge in [-0.3, -0.25) is 0 Å². The first-order valence-corrected chi connectivity index (χ1v) is 14.0. The molecule has 3 aliphatic rings. The highest BCUT2D eigenvalue weighted by Crippen LogP contribution is 2.55. The fourth-order valence-electron chi connectivity index (χ4n) is 6.84. The van der Waals surface area contributed by atoms with Gasteiger partial charge in [0.05, 0.1) is 6.10 Å². The predicted molar refractivity (Wildman–Crippen MR) is 144 cm³/mol. The van der Waals surface area contributed by atoms with Gasteiger partial charge in [0.25, 0.3) is 0 Å². The SMILES string of the molecule is C=C1C(=CC=C2CCC[C@]3(C)C(CC)=CC[C@@H]23)C[C@](O)(OCC(=O)OC(C)(CCC)CCC)CC1O. The Bertz CT molecular complexity index is 906. The number of hydrogen-bond acceptors (Lipinski definition) is 5. The minimum Gasteiger partial charge on any atom is -0.458 e. The Balaban J connectivity index is 1.69. The molecule has 4 atom stereocenters. The lowest BCUT2D eigenvalue weighted by atomic mass is 9.64. The van der Waals surface area contributed by atoms with E-state index in [4.69, 9.17) is 9.47 Å². The minimum absolute atomic E-state index is 0.0152. The average Bonchev–Trinajstić information content (AvgIpc) is 3.16. The van der Waals surface area contributed by atoms with Gasteiger partial charge in [0.15, 0.2) is 5.79 Å². The highest BCUT2D eigenvalue weighted by atomic mass is 16.6. The van der Waals surface area contributed by atoms with E-state index < -0.39 is 23.5 Å². The number of carbonyl (C=O) groups excluding carboxylic acids is 1.